The van der Waals surface area contributed by atoms with Gasteiger partial charge in [-0.2, -0.15) is 0 Å². The lowest BCUT2D eigenvalue weighted by atomic mass is 10.2. The summed E-state index contributed by atoms with van der Waals surface area (Å²) in [5.41, 5.74) is 0. The fourth-order valence-electron chi connectivity index (χ4n) is 0.837. The average Bonchev–Trinajstić information content (AvgIpc) is 2.06. The first-order valence-electron chi connectivity index (χ1n) is 5.03. The second kappa shape index (κ2) is 4.26. The zero-order valence-corrected chi connectivity index (χ0v) is 12.6. The van der Waals surface area contributed by atoms with Crippen molar-refractivity contribution in [1.82, 2.24) is 4.98 Å². The number of rotatable bonds is 2. The van der Waals surface area contributed by atoms with E-state index in [0.29, 0.717) is 0 Å². The quantitative estimate of drug-likeness (QED) is 0.760. The second-order valence-corrected chi connectivity index (χ2v) is 10.8. The molecule has 84 valence electrons. The van der Waals surface area contributed by atoms with Crippen molar-refractivity contribution < 1.29 is 4.43 Å². The zero-order chi connectivity index (χ0) is 11.7. The van der Waals surface area contributed by atoms with Crippen LogP contribution >= 0.6 is 15.9 Å². The van der Waals surface area contributed by atoms with Gasteiger partial charge in [0, 0.05) is 16.7 Å². The molecule has 0 aromatic carbocycles. The summed E-state index contributed by atoms with van der Waals surface area (Å²) in [4.78, 5) is 4.24. The van der Waals surface area contributed by atoms with E-state index in [2.05, 4.69) is 54.8 Å². The van der Waals surface area contributed by atoms with Gasteiger partial charge in [-0.1, -0.05) is 20.8 Å². The molecule has 0 unspecified atom stereocenters. The summed E-state index contributed by atoms with van der Waals surface area (Å²) in [5, 5.41) is 0.210. The Balaban J connectivity index is 2.82. The van der Waals surface area contributed by atoms with Crippen LogP contribution in [0.5, 0.6) is 5.88 Å². The van der Waals surface area contributed by atoms with Crippen LogP contribution in [0, 0.1) is 0 Å². The Morgan fingerprint density at radius 3 is 2.27 bits per heavy atom. The van der Waals surface area contributed by atoms with Crippen molar-refractivity contribution in [1.29, 1.82) is 0 Å². The van der Waals surface area contributed by atoms with Gasteiger partial charge >= 0.3 is 0 Å². The van der Waals surface area contributed by atoms with Gasteiger partial charge in [0.05, 0.1) is 0 Å². The molecule has 0 saturated heterocycles. The van der Waals surface area contributed by atoms with Crippen LogP contribution in [0.25, 0.3) is 0 Å². The van der Waals surface area contributed by atoms with Crippen LogP contribution < -0.4 is 4.43 Å². The molecular formula is C11H18BrNOSi. The first kappa shape index (κ1) is 12.7. The summed E-state index contributed by atoms with van der Waals surface area (Å²) >= 11 is 3.36. The normalized spacial score (nSPS) is 12.7. The molecule has 1 heterocycles. The van der Waals surface area contributed by atoms with Crippen LogP contribution in [0.3, 0.4) is 0 Å². The highest BCUT2D eigenvalue weighted by Gasteiger charge is 2.39. The van der Waals surface area contributed by atoms with Crippen LogP contribution in [0.4, 0.5) is 0 Å². The van der Waals surface area contributed by atoms with E-state index in [1.807, 2.05) is 12.1 Å². The lowest BCUT2D eigenvalue weighted by Gasteiger charge is -2.35. The Morgan fingerprint density at radius 2 is 1.87 bits per heavy atom. The molecule has 0 amide bonds. The van der Waals surface area contributed by atoms with E-state index in [-0.39, 0.29) is 5.04 Å². The molecule has 0 radical (unpaired) electrons. The maximum Gasteiger partial charge on any atom is 0.252 e. The van der Waals surface area contributed by atoms with Crippen LogP contribution in [0.1, 0.15) is 20.8 Å². The summed E-state index contributed by atoms with van der Waals surface area (Å²) < 4.78 is 7.01. The smallest absolute Gasteiger partial charge is 0.252 e. The number of pyridine rings is 1. The van der Waals surface area contributed by atoms with Gasteiger partial charge in [-0.3, -0.25) is 0 Å². The third kappa shape index (κ3) is 3.31. The fraction of sp³-hybridized carbons (Fsp3) is 0.545. The second-order valence-electron chi connectivity index (χ2n) is 5.18. The minimum absolute atomic E-state index is 0.210. The molecule has 0 saturated carbocycles. The van der Waals surface area contributed by atoms with Crippen molar-refractivity contribution in [2.24, 2.45) is 0 Å². The SMILES string of the molecule is CC(C)(C)[Si](C)(C)Oc1ccc(Br)cn1. The van der Waals surface area contributed by atoms with Gasteiger partial charge in [0.15, 0.2) is 5.88 Å². The zero-order valence-electron chi connectivity index (χ0n) is 9.97. The summed E-state index contributed by atoms with van der Waals surface area (Å²) in [6.45, 7) is 11.1. The van der Waals surface area contributed by atoms with Crippen molar-refractivity contribution in [2.45, 2.75) is 38.9 Å². The van der Waals surface area contributed by atoms with Gasteiger partial charge < -0.3 is 4.43 Å². The van der Waals surface area contributed by atoms with E-state index < -0.39 is 8.32 Å². The molecule has 0 fully saturated rings. The van der Waals surface area contributed by atoms with Gasteiger partial charge in [0.25, 0.3) is 8.32 Å². The van der Waals surface area contributed by atoms with Crippen LogP contribution in [0.15, 0.2) is 22.8 Å². The number of hydrogen-bond donors (Lipinski definition) is 0. The average molecular weight is 288 g/mol. The van der Waals surface area contributed by atoms with E-state index in [1.165, 1.54) is 0 Å². The first-order chi connectivity index (χ1) is 6.72. The molecule has 15 heavy (non-hydrogen) atoms. The van der Waals surface area contributed by atoms with E-state index in [9.17, 15) is 0 Å². The maximum absolute atomic E-state index is 6.03. The molecule has 1 aromatic rings. The summed E-state index contributed by atoms with van der Waals surface area (Å²) in [5.74, 6) is 0.727. The Hall–Kier alpha value is -0.353. The number of aromatic nitrogens is 1. The molecule has 0 aliphatic rings. The Bertz CT molecular complexity index is 329. The molecule has 0 bridgehead atoms. The Kier molecular flexibility index (Phi) is 3.61. The minimum Gasteiger partial charge on any atom is -0.531 e. The number of hydrogen-bond acceptors (Lipinski definition) is 2. The Labute approximate surface area is 101 Å². The van der Waals surface area contributed by atoms with Gasteiger partial charge in [0.2, 0.25) is 0 Å². The molecule has 0 aliphatic heterocycles. The Morgan fingerprint density at radius 1 is 1.27 bits per heavy atom. The van der Waals surface area contributed by atoms with E-state index in [4.69, 9.17) is 4.43 Å². The van der Waals surface area contributed by atoms with Gasteiger partial charge in [-0.05, 0) is 40.1 Å². The van der Waals surface area contributed by atoms with Crippen molar-refractivity contribution in [3.63, 3.8) is 0 Å². The fourth-order valence-corrected chi connectivity index (χ4v) is 2.02. The molecule has 0 aliphatic carbocycles. The molecule has 0 spiro atoms. The van der Waals surface area contributed by atoms with E-state index in [0.717, 1.165) is 10.4 Å². The summed E-state index contributed by atoms with van der Waals surface area (Å²) in [7, 11) is -1.74. The molecule has 4 heteroatoms. The van der Waals surface area contributed by atoms with Crippen molar-refractivity contribution >= 4 is 24.2 Å². The number of halogens is 1. The molecule has 1 rings (SSSR count). The maximum atomic E-state index is 6.03. The van der Waals surface area contributed by atoms with Gasteiger partial charge in [-0.25, -0.2) is 4.98 Å². The molecule has 2 nitrogen and oxygen atoms in total. The number of nitrogens with zero attached hydrogens (tertiary/aromatic N) is 1. The lowest BCUT2D eigenvalue weighted by Crippen LogP contribution is -2.44. The monoisotopic (exact) mass is 287 g/mol. The largest absolute Gasteiger partial charge is 0.531 e. The molecule has 0 atom stereocenters. The molecule has 1 aromatic heterocycles. The highest BCUT2D eigenvalue weighted by Crippen LogP contribution is 2.36. The highest BCUT2D eigenvalue weighted by molar-refractivity contribution is 9.10. The van der Waals surface area contributed by atoms with Crippen molar-refractivity contribution in [2.75, 3.05) is 0 Å². The third-order valence-corrected chi connectivity index (χ3v) is 7.67. The first-order valence-corrected chi connectivity index (χ1v) is 8.73. The van der Waals surface area contributed by atoms with Crippen LogP contribution in [-0.4, -0.2) is 13.3 Å². The predicted octanol–water partition coefficient (Wildman–Crippen LogP) is 4.23. The highest BCUT2D eigenvalue weighted by atomic mass is 79.9. The summed E-state index contributed by atoms with van der Waals surface area (Å²) in [6, 6.07) is 3.86. The molecule has 0 N–H and O–H groups in total. The minimum atomic E-state index is -1.74. The van der Waals surface area contributed by atoms with Gasteiger partial charge in [-0.15, -0.1) is 0 Å². The van der Waals surface area contributed by atoms with E-state index >= 15 is 0 Å². The summed E-state index contributed by atoms with van der Waals surface area (Å²) in [6.07, 6.45) is 1.77. The standard InChI is InChI=1S/C11H18BrNOSi/c1-11(2,3)15(4,5)14-10-7-6-9(12)8-13-10/h6-8H,1-5H3. The van der Waals surface area contributed by atoms with Gasteiger partial charge in [0.1, 0.15) is 0 Å². The van der Waals surface area contributed by atoms with Crippen LogP contribution in [0.2, 0.25) is 18.1 Å². The van der Waals surface area contributed by atoms with E-state index in [1.54, 1.807) is 6.20 Å². The van der Waals surface area contributed by atoms with Crippen molar-refractivity contribution in [3.8, 4) is 5.88 Å². The third-order valence-electron chi connectivity index (χ3n) is 2.87. The molecular weight excluding hydrogens is 270 g/mol. The topological polar surface area (TPSA) is 22.1 Å². The lowest BCUT2D eigenvalue weighted by molar-refractivity contribution is 0.476. The predicted molar refractivity (Wildman–Crippen MR) is 69.8 cm³/mol. The van der Waals surface area contributed by atoms with Crippen LogP contribution in [-0.2, 0) is 0 Å². The van der Waals surface area contributed by atoms with Crippen molar-refractivity contribution in [3.05, 3.63) is 22.8 Å².